The van der Waals surface area contributed by atoms with Gasteiger partial charge in [0.05, 0.1) is 29.4 Å². The number of aromatic nitrogens is 3. The van der Waals surface area contributed by atoms with E-state index < -0.39 is 46.8 Å². The van der Waals surface area contributed by atoms with Crippen molar-refractivity contribution in [1.29, 1.82) is 5.26 Å². The Bertz CT molecular complexity index is 1690. The number of likely N-dealkylation sites (N-methyl/N-ethyl adjacent to an activating group) is 1. The molecule has 0 aliphatic carbocycles. The molecule has 0 unspecified atom stereocenters. The molecule has 16 heteroatoms. The average molecular weight is 645 g/mol. The first-order valence-electron chi connectivity index (χ1n) is 14.4. The van der Waals surface area contributed by atoms with Crippen LogP contribution in [0.5, 0.6) is 0 Å². The summed E-state index contributed by atoms with van der Waals surface area (Å²) in [7, 11) is 1.42. The summed E-state index contributed by atoms with van der Waals surface area (Å²) in [5, 5.41) is 16.4. The van der Waals surface area contributed by atoms with Gasteiger partial charge in [0, 0.05) is 32.4 Å². The number of nitrogens with zero attached hydrogens (tertiary/aromatic N) is 7. The lowest BCUT2D eigenvalue weighted by Gasteiger charge is -2.38. The highest BCUT2D eigenvalue weighted by atomic mass is 19.4. The topological polar surface area (TPSA) is 141 Å². The first-order chi connectivity index (χ1) is 21.6. The number of nitrogens with one attached hydrogen (secondary N) is 1. The summed E-state index contributed by atoms with van der Waals surface area (Å²) in [5.74, 6) is -1.21. The number of alkyl halides is 3. The monoisotopic (exact) mass is 644 g/mol. The van der Waals surface area contributed by atoms with Crippen molar-refractivity contribution in [2.24, 2.45) is 0 Å². The molecule has 244 valence electrons. The fourth-order valence-electron chi connectivity index (χ4n) is 5.31. The van der Waals surface area contributed by atoms with Crippen LogP contribution in [0.3, 0.4) is 0 Å². The number of fused-ring (bicyclic) bond motifs is 1. The van der Waals surface area contributed by atoms with Crippen LogP contribution in [0.25, 0.3) is 0 Å². The number of para-hydroxylation sites is 1. The highest BCUT2D eigenvalue weighted by Crippen LogP contribution is 2.38. The van der Waals surface area contributed by atoms with Gasteiger partial charge in [0.2, 0.25) is 11.8 Å². The lowest BCUT2D eigenvalue weighted by Crippen LogP contribution is -2.50. The number of amides is 2. The summed E-state index contributed by atoms with van der Waals surface area (Å²) in [5.41, 5.74) is -2.23. The van der Waals surface area contributed by atoms with Crippen molar-refractivity contribution in [3.63, 3.8) is 0 Å². The summed E-state index contributed by atoms with van der Waals surface area (Å²) >= 11 is 0. The van der Waals surface area contributed by atoms with E-state index in [1.54, 1.807) is 31.7 Å². The van der Waals surface area contributed by atoms with E-state index in [4.69, 9.17) is 9.26 Å². The molecule has 0 spiro atoms. The van der Waals surface area contributed by atoms with E-state index >= 15 is 4.39 Å². The van der Waals surface area contributed by atoms with Gasteiger partial charge in [-0.3, -0.25) is 4.79 Å². The number of hydrogen-bond donors (Lipinski definition) is 1. The minimum Gasteiger partial charge on any atom is -0.444 e. The van der Waals surface area contributed by atoms with Gasteiger partial charge in [-0.1, -0.05) is 11.2 Å². The maximum Gasteiger partial charge on any atom is 0.417 e. The van der Waals surface area contributed by atoms with Crippen molar-refractivity contribution in [2.45, 2.75) is 64.4 Å². The van der Waals surface area contributed by atoms with Crippen LogP contribution >= 0.6 is 0 Å². The lowest BCUT2D eigenvalue weighted by atomic mass is 10.0. The molecule has 2 amide bonds. The van der Waals surface area contributed by atoms with Crippen molar-refractivity contribution >= 4 is 29.2 Å². The predicted molar refractivity (Wildman–Crippen MR) is 156 cm³/mol. The normalized spacial score (nSPS) is 17.5. The summed E-state index contributed by atoms with van der Waals surface area (Å²) in [6.07, 6.45) is -5.27. The smallest absolute Gasteiger partial charge is 0.417 e. The Morgan fingerprint density at radius 1 is 1.22 bits per heavy atom. The molecule has 0 radical (unpaired) electrons. The number of aryl methyl sites for hydroxylation is 1. The number of likely N-dealkylation sites (tertiary alicyclic amines) is 1. The van der Waals surface area contributed by atoms with Crippen LogP contribution in [0.2, 0.25) is 0 Å². The van der Waals surface area contributed by atoms with Crippen LogP contribution in [-0.4, -0.2) is 70.3 Å². The van der Waals surface area contributed by atoms with Gasteiger partial charge < -0.3 is 29.3 Å². The van der Waals surface area contributed by atoms with Crippen molar-refractivity contribution in [3.8, 4) is 6.07 Å². The van der Waals surface area contributed by atoms with Crippen LogP contribution in [0, 0.1) is 24.1 Å². The van der Waals surface area contributed by atoms with E-state index in [2.05, 4.69) is 20.4 Å². The van der Waals surface area contributed by atoms with Gasteiger partial charge in [0.15, 0.2) is 5.82 Å². The van der Waals surface area contributed by atoms with Crippen molar-refractivity contribution in [1.82, 2.24) is 20.0 Å². The molecule has 3 aromatic rings. The number of anilines is 3. The number of ether oxygens (including phenoxy) is 1. The van der Waals surface area contributed by atoms with Gasteiger partial charge in [0.25, 0.3) is 0 Å². The van der Waals surface area contributed by atoms with Gasteiger partial charge in [-0.15, -0.1) is 0 Å². The molecule has 5 rings (SSSR count). The number of halogens is 4. The maximum atomic E-state index is 15.4. The number of pyridine rings is 1. The Morgan fingerprint density at radius 3 is 2.59 bits per heavy atom. The average Bonchev–Trinajstić information content (AvgIpc) is 3.38. The molecule has 2 aromatic heterocycles. The number of rotatable bonds is 5. The van der Waals surface area contributed by atoms with Crippen molar-refractivity contribution in [3.05, 3.63) is 58.6 Å². The van der Waals surface area contributed by atoms with Crippen LogP contribution in [0.15, 0.2) is 28.8 Å². The molecule has 2 aliphatic heterocycles. The zero-order valence-corrected chi connectivity index (χ0v) is 25.8. The summed E-state index contributed by atoms with van der Waals surface area (Å²) in [6.45, 7) is 7.34. The number of hydrogen-bond acceptors (Lipinski definition) is 10. The third-order valence-corrected chi connectivity index (χ3v) is 7.54. The Balaban J connectivity index is 1.38. The van der Waals surface area contributed by atoms with Gasteiger partial charge >= 0.3 is 12.3 Å². The quantitative estimate of drug-likeness (QED) is 0.378. The second-order valence-corrected chi connectivity index (χ2v) is 12.2. The highest BCUT2D eigenvalue weighted by Gasteiger charge is 2.39. The van der Waals surface area contributed by atoms with Crippen LogP contribution < -0.4 is 15.1 Å². The van der Waals surface area contributed by atoms with Gasteiger partial charge in [-0.25, -0.2) is 14.2 Å². The van der Waals surface area contributed by atoms with Crippen molar-refractivity contribution < 1.29 is 36.4 Å². The fourth-order valence-corrected chi connectivity index (χ4v) is 5.31. The second kappa shape index (κ2) is 12.1. The molecular formula is C30H32F4N8O4. The maximum absolute atomic E-state index is 15.4. The Labute approximate surface area is 261 Å². The predicted octanol–water partition coefficient (Wildman–Crippen LogP) is 4.99. The summed E-state index contributed by atoms with van der Waals surface area (Å²) in [6, 6.07) is 5.42. The van der Waals surface area contributed by atoms with Gasteiger partial charge in [0.1, 0.15) is 34.9 Å². The minimum atomic E-state index is -4.82. The molecule has 2 aliphatic rings. The Kier molecular flexibility index (Phi) is 8.54. The Morgan fingerprint density at radius 2 is 1.93 bits per heavy atom. The van der Waals surface area contributed by atoms with Crippen LogP contribution in [-0.2, 0) is 22.3 Å². The molecule has 1 aromatic carbocycles. The molecule has 0 bridgehead atoms. The molecule has 1 saturated heterocycles. The molecule has 1 N–H and O–H groups in total. The molecule has 46 heavy (non-hydrogen) atoms. The Hall–Kier alpha value is -4.94. The molecule has 0 saturated carbocycles. The zero-order valence-electron chi connectivity index (χ0n) is 25.8. The summed E-state index contributed by atoms with van der Waals surface area (Å²) in [4.78, 5) is 38.8. The van der Waals surface area contributed by atoms with Crippen LogP contribution in [0.4, 0.5) is 39.5 Å². The van der Waals surface area contributed by atoms with Gasteiger partial charge in [-0.05, 0) is 52.3 Å². The van der Waals surface area contributed by atoms with Crippen LogP contribution in [0.1, 0.15) is 61.6 Å². The first kappa shape index (κ1) is 32.5. The number of carbonyl (C=O) groups is 2. The van der Waals surface area contributed by atoms with E-state index in [1.165, 1.54) is 42.0 Å². The molecule has 1 atom stereocenters. The van der Waals surface area contributed by atoms with E-state index in [1.807, 2.05) is 0 Å². The highest BCUT2D eigenvalue weighted by molar-refractivity contribution is 6.01. The zero-order chi connectivity index (χ0) is 33.6. The van der Waals surface area contributed by atoms with E-state index in [0.29, 0.717) is 18.9 Å². The first-order valence-corrected chi connectivity index (χ1v) is 14.4. The SMILES string of the molecule is Cc1cc(C(F)(F)F)c(C#N)c(N[C@H]2CCN(Cc3nc(C4CN(C(=O)OC(C)(C)C)C4)no3)c3c(F)cccc3N(C)C2=O)n1. The fraction of sp³-hybridized carbons (Fsp3) is 0.467. The number of carbonyl (C=O) groups excluding carboxylic acids is 2. The third-order valence-electron chi connectivity index (χ3n) is 7.54. The molecular weight excluding hydrogens is 612 g/mol. The number of nitriles is 1. The minimum absolute atomic E-state index is 0.00221. The summed E-state index contributed by atoms with van der Waals surface area (Å²) < 4.78 is 67.4. The molecule has 1 fully saturated rings. The van der Waals surface area contributed by atoms with E-state index in [9.17, 15) is 28.0 Å². The molecule has 12 nitrogen and oxygen atoms in total. The third kappa shape index (κ3) is 6.68. The van der Waals surface area contributed by atoms with E-state index in [0.717, 1.165) is 6.07 Å². The molecule has 4 heterocycles. The number of benzene rings is 1. The van der Waals surface area contributed by atoms with Crippen molar-refractivity contribution in [2.75, 3.05) is 41.8 Å². The lowest BCUT2D eigenvalue weighted by molar-refractivity contribution is -0.137. The standard InChI is InChI=1S/C30H32F4N8O4/c1-16-11-19(30(32,33)34)18(12-35)26(36-16)37-21-9-10-41(24-20(31)7-6-8-22(24)40(5)27(21)43)15-23-38-25(39-46-23)17-13-42(14-17)28(44)45-29(2,3)4/h6-8,11,17,21H,9-10,13-15H2,1-5H3,(H,36,37)/t21-/m0/s1. The largest absolute Gasteiger partial charge is 0.444 e. The second-order valence-electron chi connectivity index (χ2n) is 12.2. The van der Waals surface area contributed by atoms with Gasteiger partial charge in [-0.2, -0.15) is 23.4 Å². The van der Waals surface area contributed by atoms with E-state index in [-0.39, 0.29) is 54.2 Å².